The van der Waals surface area contributed by atoms with Crippen LogP contribution in [0.3, 0.4) is 0 Å². The summed E-state index contributed by atoms with van der Waals surface area (Å²) in [4.78, 5) is 12.4. The minimum atomic E-state index is -3.55. The molecule has 0 aliphatic carbocycles. The molecule has 0 atom stereocenters. The SMILES string of the molecule is CCNC(C)(C)C(=O)Nc1ccc(C)c(S(=O)(=O)NC)c1. The Morgan fingerprint density at radius 1 is 1.29 bits per heavy atom. The highest BCUT2D eigenvalue weighted by Gasteiger charge is 2.26. The van der Waals surface area contributed by atoms with Crippen molar-refractivity contribution in [1.82, 2.24) is 10.0 Å². The summed E-state index contributed by atoms with van der Waals surface area (Å²) in [5.41, 5.74) is 0.334. The Morgan fingerprint density at radius 3 is 2.43 bits per heavy atom. The molecule has 7 heteroatoms. The molecule has 0 aliphatic rings. The fourth-order valence-corrected chi connectivity index (χ4v) is 2.88. The highest BCUT2D eigenvalue weighted by Crippen LogP contribution is 2.20. The smallest absolute Gasteiger partial charge is 0.244 e. The fourth-order valence-electron chi connectivity index (χ4n) is 1.89. The molecule has 0 heterocycles. The second kappa shape index (κ2) is 6.55. The van der Waals surface area contributed by atoms with E-state index < -0.39 is 15.6 Å². The second-order valence-corrected chi connectivity index (χ2v) is 7.15. The van der Waals surface area contributed by atoms with E-state index in [2.05, 4.69) is 15.4 Å². The quantitative estimate of drug-likeness (QED) is 0.737. The molecule has 21 heavy (non-hydrogen) atoms. The molecule has 6 nitrogen and oxygen atoms in total. The third-order valence-electron chi connectivity index (χ3n) is 3.19. The van der Waals surface area contributed by atoms with Crippen LogP contribution < -0.4 is 15.4 Å². The standard InChI is InChI=1S/C14H23N3O3S/c1-6-16-14(3,4)13(18)17-11-8-7-10(2)12(9-11)21(19,20)15-5/h7-9,15-16H,6H2,1-5H3,(H,17,18). The van der Waals surface area contributed by atoms with E-state index in [-0.39, 0.29) is 10.8 Å². The van der Waals surface area contributed by atoms with Crippen LogP contribution in [-0.4, -0.2) is 33.5 Å². The van der Waals surface area contributed by atoms with Gasteiger partial charge in [0.25, 0.3) is 0 Å². The number of hydrogen-bond donors (Lipinski definition) is 3. The van der Waals surface area contributed by atoms with Crippen LogP contribution in [0.2, 0.25) is 0 Å². The van der Waals surface area contributed by atoms with E-state index >= 15 is 0 Å². The molecule has 118 valence electrons. The highest BCUT2D eigenvalue weighted by atomic mass is 32.2. The summed E-state index contributed by atoms with van der Waals surface area (Å²) < 4.78 is 26.1. The molecule has 0 saturated heterocycles. The second-order valence-electron chi connectivity index (χ2n) is 5.30. The van der Waals surface area contributed by atoms with Crippen LogP contribution in [0.25, 0.3) is 0 Å². The Morgan fingerprint density at radius 2 is 1.90 bits per heavy atom. The van der Waals surface area contributed by atoms with E-state index in [1.54, 1.807) is 32.9 Å². The van der Waals surface area contributed by atoms with Crippen LogP contribution in [0.4, 0.5) is 5.69 Å². The van der Waals surface area contributed by atoms with Gasteiger partial charge in [0.05, 0.1) is 10.4 Å². The van der Waals surface area contributed by atoms with Gasteiger partial charge in [-0.1, -0.05) is 13.0 Å². The molecule has 0 fully saturated rings. The molecule has 1 aromatic carbocycles. The van der Waals surface area contributed by atoms with Gasteiger partial charge in [0.1, 0.15) is 0 Å². The van der Waals surface area contributed by atoms with Crippen LogP contribution in [0.1, 0.15) is 26.3 Å². The minimum absolute atomic E-state index is 0.157. The molecule has 0 aromatic heterocycles. The van der Waals surface area contributed by atoms with Crippen LogP contribution in [0.5, 0.6) is 0 Å². The molecule has 0 bridgehead atoms. The molecule has 3 N–H and O–H groups in total. The Hall–Kier alpha value is -1.44. The lowest BCUT2D eigenvalue weighted by atomic mass is 10.0. The molecular weight excluding hydrogens is 290 g/mol. The average molecular weight is 313 g/mol. The number of carbonyl (C=O) groups excluding carboxylic acids is 1. The van der Waals surface area contributed by atoms with Crippen molar-refractivity contribution < 1.29 is 13.2 Å². The predicted octanol–water partition coefficient (Wildman–Crippen LogP) is 1.23. The number of nitrogens with one attached hydrogen (secondary N) is 3. The van der Waals surface area contributed by atoms with Crippen molar-refractivity contribution in [2.45, 2.75) is 38.1 Å². The highest BCUT2D eigenvalue weighted by molar-refractivity contribution is 7.89. The molecule has 0 aliphatic heterocycles. The number of carbonyl (C=O) groups is 1. The minimum Gasteiger partial charge on any atom is -0.324 e. The Labute approximate surface area is 126 Å². The number of hydrogen-bond acceptors (Lipinski definition) is 4. The zero-order valence-corrected chi connectivity index (χ0v) is 13.9. The summed E-state index contributed by atoms with van der Waals surface area (Å²) in [5.74, 6) is -0.221. The van der Waals surface area contributed by atoms with Crippen molar-refractivity contribution in [3.05, 3.63) is 23.8 Å². The molecule has 0 unspecified atom stereocenters. The van der Waals surface area contributed by atoms with E-state index in [4.69, 9.17) is 0 Å². The van der Waals surface area contributed by atoms with Crippen LogP contribution in [-0.2, 0) is 14.8 Å². The van der Waals surface area contributed by atoms with Gasteiger partial charge in [-0.25, -0.2) is 13.1 Å². The molecule has 1 aromatic rings. The van der Waals surface area contributed by atoms with Gasteiger partial charge in [-0.2, -0.15) is 0 Å². The van der Waals surface area contributed by atoms with Gasteiger partial charge < -0.3 is 10.6 Å². The van der Waals surface area contributed by atoms with Gasteiger partial charge in [0.2, 0.25) is 15.9 Å². The molecule has 0 radical (unpaired) electrons. The number of sulfonamides is 1. The monoisotopic (exact) mass is 313 g/mol. The lowest BCUT2D eigenvalue weighted by molar-refractivity contribution is -0.121. The summed E-state index contributed by atoms with van der Waals surface area (Å²) >= 11 is 0. The van der Waals surface area contributed by atoms with Crippen LogP contribution >= 0.6 is 0 Å². The van der Waals surface area contributed by atoms with Gasteiger partial charge in [-0.15, -0.1) is 0 Å². The maximum absolute atomic E-state index is 12.2. The number of amides is 1. The van der Waals surface area contributed by atoms with Crippen molar-refractivity contribution in [2.24, 2.45) is 0 Å². The zero-order chi connectivity index (χ0) is 16.3. The topological polar surface area (TPSA) is 87.3 Å². The van der Waals surface area contributed by atoms with Crippen molar-refractivity contribution in [2.75, 3.05) is 18.9 Å². The molecule has 0 saturated carbocycles. The van der Waals surface area contributed by atoms with Crippen molar-refractivity contribution in [3.63, 3.8) is 0 Å². The summed E-state index contributed by atoms with van der Waals surface area (Å²) in [6.45, 7) is 7.82. The van der Waals surface area contributed by atoms with E-state index in [1.807, 2.05) is 6.92 Å². The lowest BCUT2D eigenvalue weighted by Gasteiger charge is -2.24. The third-order valence-corrected chi connectivity index (χ3v) is 4.75. The normalized spacial score (nSPS) is 12.2. The largest absolute Gasteiger partial charge is 0.324 e. The van der Waals surface area contributed by atoms with E-state index in [0.717, 1.165) is 0 Å². The Bertz CT molecular complexity index is 624. The van der Waals surface area contributed by atoms with Gasteiger partial charge in [-0.3, -0.25) is 4.79 Å². The number of benzene rings is 1. The van der Waals surface area contributed by atoms with Gasteiger partial charge in [-0.05, 0) is 52.1 Å². The van der Waals surface area contributed by atoms with Crippen molar-refractivity contribution in [1.29, 1.82) is 0 Å². The Kier molecular flexibility index (Phi) is 5.49. The van der Waals surface area contributed by atoms with Crippen molar-refractivity contribution >= 4 is 21.6 Å². The number of likely N-dealkylation sites (N-methyl/N-ethyl adjacent to an activating group) is 1. The maximum atomic E-state index is 12.2. The van der Waals surface area contributed by atoms with Crippen molar-refractivity contribution in [3.8, 4) is 0 Å². The lowest BCUT2D eigenvalue weighted by Crippen LogP contribution is -2.49. The Balaban J connectivity index is 3.07. The van der Waals surface area contributed by atoms with Crippen LogP contribution in [0, 0.1) is 6.92 Å². The third kappa shape index (κ3) is 4.26. The molecule has 1 amide bonds. The van der Waals surface area contributed by atoms with E-state index in [0.29, 0.717) is 17.8 Å². The fraction of sp³-hybridized carbons (Fsp3) is 0.500. The first kappa shape index (κ1) is 17.6. The zero-order valence-electron chi connectivity index (χ0n) is 13.1. The molecule has 0 spiro atoms. The summed E-state index contributed by atoms with van der Waals surface area (Å²) in [6, 6.07) is 4.81. The number of rotatable bonds is 6. The van der Waals surface area contributed by atoms with Gasteiger partial charge in [0.15, 0.2) is 0 Å². The summed E-state index contributed by atoms with van der Waals surface area (Å²) in [6.07, 6.45) is 0. The summed E-state index contributed by atoms with van der Waals surface area (Å²) in [7, 11) is -2.19. The maximum Gasteiger partial charge on any atom is 0.244 e. The first-order valence-corrected chi connectivity index (χ1v) is 8.23. The van der Waals surface area contributed by atoms with E-state index in [9.17, 15) is 13.2 Å². The predicted molar refractivity (Wildman–Crippen MR) is 83.8 cm³/mol. The van der Waals surface area contributed by atoms with Gasteiger partial charge in [0, 0.05) is 5.69 Å². The average Bonchev–Trinajstić information content (AvgIpc) is 2.40. The number of aryl methyl sites for hydroxylation is 1. The first-order chi connectivity index (χ1) is 9.64. The van der Waals surface area contributed by atoms with E-state index in [1.165, 1.54) is 13.1 Å². The molecule has 1 rings (SSSR count). The van der Waals surface area contributed by atoms with Crippen LogP contribution in [0.15, 0.2) is 23.1 Å². The summed E-state index contributed by atoms with van der Waals surface area (Å²) in [5, 5.41) is 5.80. The first-order valence-electron chi connectivity index (χ1n) is 6.74. The van der Waals surface area contributed by atoms with Gasteiger partial charge >= 0.3 is 0 Å². The molecular formula is C14H23N3O3S. The number of anilines is 1.